The van der Waals surface area contributed by atoms with Gasteiger partial charge in [0.15, 0.2) is 22.5 Å². The summed E-state index contributed by atoms with van der Waals surface area (Å²) in [6.45, 7) is 1.90. The number of rotatable bonds is 6. The molecule has 2 amide bonds. The number of nitrogens with one attached hydrogen (secondary N) is 2. The molecule has 0 unspecified atom stereocenters. The van der Waals surface area contributed by atoms with E-state index >= 15 is 0 Å². The molecule has 0 fully saturated rings. The molecule has 2 aromatic heterocycles. The molecule has 2 heterocycles. The quantitative estimate of drug-likeness (QED) is 0.670. The van der Waals surface area contributed by atoms with E-state index in [9.17, 15) is 18.4 Å². The summed E-state index contributed by atoms with van der Waals surface area (Å²) in [4.78, 5) is 28.7. The lowest BCUT2D eigenvalue weighted by Gasteiger charge is -2.03. The Hall–Kier alpha value is -3.07. The van der Waals surface area contributed by atoms with Gasteiger partial charge >= 0.3 is 0 Å². The van der Waals surface area contributed by atoms with Crippen LogP contribution in [-0.4, -0.2) is 23.3 Å². The summed E-state index contributed by atoms with van der Waals surface area (Å²) in [5, 5.41) is 5.54. The average Bonchev–Trinajstić information content (AvgIpc) is 3.27. The first-order valence-electron chi connectivity index (χ1n) is 7.98. The third-order valence-corrected chi connectivity index (χ3v) is 4.50. The molecule has 3 aromatic rings. The van der Waals surface area contributed by atoms with E-state index in [1.165, 1.54) is 29.7 Å². The Morgan fingerprint density at radius 1 is 1.22 bits per heavy atom. The molecular formula is C18H15F2N3O3S. The summed E-state index contributed by atoms with van der Waals surface area (Å²) in [6.07, 6.45) is 1.43. The molecule has 0 spiro atoms. The highest BCUT2D eigenvalue weighted by Crippen LogP contribution is 2.31. The van der Waals surface area contributed by atoms with Crippen LogP contribution in [0.15, 0.2) is 41.0 Å². The normalized spacial score (nSPS) is 10.6. The number of aryl methyl sites for hydroxylation is 1. The number of carbonyl (C=O) groups excluding carboxylic acids is 2. The number of nitrogens with zero attached hydrogens (tertiary/aromatic N) is 1. The van der Waals surface area contributed by atoms with E-state index in [0.717, 1.165) is 17.0 Å². The number of hydrogen-bond acceptors (Lipinski definition) is 5. The Bertz CT molecular complexity index is 970. The Balaban J connectivity index is 1.57. The van der Waals surface area contributed by atoms with Crippen molar-refractivity contribution in [2.45, 2.75) is 13.3 Å². The van der Waals surface area contributed by atoms with Crippen LogP contribution in [0.5, 0.6) is 0 Å². The fraction of sp³-hybridized carbons (Fsp3) is 0.167. The first-order chi connectivity index (χ1) is 12.9. The zero-order chi connectivity index (χ0) is 19.4. The molecule has 2 N–H and O–H groups in total. The number of amides is 2. The summed E-state index contributed by atoms with van der Waals surface area (Å²) in [6, 6.07) is 6.64. The maximum atomic E-state index is 13.4. The number of halogens is 2. The Morgan fingerprint density at radius 2 is 2.04 bits per heavy atom. The number of furan rings is 1. The predicted molar refractivity (Wildman–Crippen MR) is 96.5 cm³/mol. The van der Waals surface area contributed by atoms with Crippen LogP contribution in [0.2, 0.25) is 0 Å². The molecule has 9 heteroatoms. The van der Waals surface area contributed by atoms with Gasteiger partial charge in [-0.2, -0.15) is 0 Å². The molecule has 3 rings (SSSR count). The lowest BCUT2D eigenvalue weighted by atomic mass is 10.1. The Kier molecular flexibility index (Phi) is 5.60. The molecule has 6 nitrogen and oxygen atoms in total. The van der Waals surface area contributed by atoms with Crippen molar-refractivity contribution in [2.24, 2.45) is 0 Å². The molecule has 0 aliphatic rings. The summed E-state index contributed by atoms with van der Waals surface area (Å²) in [5.74, 6) is -2.46. The molecule has 0 radical (unpaired) electrons. The van der Waals surface area contributed by atoms with Gasteiger partial charge in [0, 0.05) is 23.4 Å². The first kappa shape index (κ1) is 18.7. The fourth-order valence-electron chi connectivity index (χ4n) is 2.33. The van der Waals surface area contributed by atoms with Crippen LogP contribution in [-0.2, 0) is 4.79 Å². The van der Waals surface area contributed by atoms with Gasteiger partial charge in [-0.1, -0.05) is 0 Å². The van der Waals surface area contributed by atoms with Gasteiger partial charge in [0.1, 0.15) is 0 Å². The van der Waals surface area contributed by atoms with E-state index in [1.807, 2.05) is 0 Å². The number of hydrogen-bond donors (Lipinski definition) is 2. The molecule has 0 saturated heterocycles. The maximum Gasteiger partial charge on any atom is 0.286 e. The van der Waals surface area contributed by atoms with Gasteiger partial charge in [-0.3, -0.25) is 9.59 Å². The number of thiazole rings is 1. The van der Waals surface area contributed by atoms with Crippen LogP contribution in [0.4, 0.5) is 13.9 Å². The fourth-order valence-corrected chi connectivity index (χ4v) is 3.18. The molecular weight excluding hydrogens is 376 g/mol. The van der Waals surface area contributed by atoms with Gasteiger partial charge in [-0.15, -0.1) is 11.3 Å². The van der Waals surface area contributed by atoms with Crippen molar-refractivity contribution in [3.63, 3.8) is 0 Å². The van der Waals surface area contributed by atoms with Crippen LogP contribution in [0.3, 0.4) is 0 Å². The summed E-state index contributed by atoms with van der Waals surface area (Å²) >= 11 is 1.22. The van der Waals surface area contributed by atoms with Crippen molar-refractivity contribution >= 4 is 28.3 Å². The van der Waals surface area contributed by atoms with E-state index < -0.39 is 17.5 Å². The van der Waals surface area contributed by atoms with Crippen molar-refractivity contribution in [2.75, 3.05) is 11.9 Å². The molecule has 0 aliphatic carbocycles. The molecule has 1 aromatic carbocycles. The largest absolute Gasteiger partial charge is 0.459 e. The average molecular weight is 391 g/mol. The van der Waals surface area contributed by atoms with Crippen molar-refractivity contribution in [3.8, 4) is 11.3 Å². The molecule has 0 saturated carbocycles. The van der Waals surface area contributed by atoms with E-state index in [1.54, 1.807) is 13.0 Å². The molecule has 27 heavy (non-hydrogen) atoms. The number of aromatic nitrogens is 1. The van der Waals surface area contributed by atoms with Gasteiger partial charge in [0.05, 0.1) is 12.0 Å². The van der Waals surface area contributed by atoms with Crippen LogP contribution in [0.1, 0.15) is 21.9 Å². The standard InChI is InChI=1S/C18H15F2N3O3S/c1-10-16(11-4-5-12(19)13(20)9-11)23-18(27-10)22-15(24)6-7-21-17(25)14-3-2-8-26-14/h2-5,8-9H,6-7H2,1H3,(H,21,25)(H,22,23,24). The van der Waals surface area contributed by atoms with Gasteiger partial charge in [0.2, 0.25) is 5.91 Å². The lowest BCUT2D eigenvalue weighted by Crippen LogP contribution is -2.27. The highest BCUT2D eigenvalue weighted by atomic mass is 32.1. The number of carbonyl (C=O) groups is 2. The zero-order valence-electron chi connectivity index (χ0n) is 14.2. The summed E-state index contributed by atoms with van der Waals surface area (Å²) in [5.41, 5.74) is 0.897. The second-order valence-electron chi connectivity index (χ2n) is 5.58. The van der Waals surface area contributed by atoms with Gasteiger partial charge < -0.3 is 15.1 Å². The zero-order valence-corrected chi connectivity index (χ0v) is 15.0. The van der Waals surface area contributed by atoms with Crippen LogP contribution in [0, 0.1) is 18.6 Å². The molecule has 0 bridgehead atoms. The maximum absolute atomic E-state index is 13.4. The van der Waals surface area contributed by atoms with Gasteiger partial charge in [0.25, 0.3) is 5.91 Å². The van der Waals surface area contributed by atoms with Gasteiger partial charge in [-0.25, -0.2) is 13.8 Å². The van der Waals surface area contributed by atoms with E-state index in [2.05, 4.69) is 15.6 Å². The monoisotopic (exact) mass is 391 g/mol. The number of benzene rings is 1. The SMILES string of the molecule is Cc1sc(NC(=O)CCNC(=O)c2ccco2)nc1-c1ccc(F)c(F)c1. The second kappa shape index (κ2) is 8.09. The van der Waals surface area contributed by atoms with Gasteiger partial charge in [-0.05, 0) is 37.3 Å². The topological polar surface area (TPSA) is 84.2 Å². The summed E-state index contributed by atoms with van der Waals surface area (Å²) < 4.78 is 31.4. The summed E-state index contributed by atoms with van der Waals surface area (Å²) in [7, 11) is 0. The third kappa shape index (κ3) is 4.56. The molecule has 140 valence electrons. The molecule has 0 atom stereocenters. The lowest BCUT2D eigenvalue weighted by molar-refractivity contribution is -0.116. The second-order valence-corrected chi connectivity index (χ2v) is 6.79. The van der Waals surface area contributed by atoms with Crippen molar-refractivity contribution < 1.29 is 22.8 Å². The minimum absolute atomic E-state index is 0.0472. The van der Waals surface area contributed by atoms with E-state index in [0.29, 0.717) is 16.4 Å². The Morgan fingerprint density at radius 3 is 2.74 bits per heavy atom. The smallest absolute Gasteiger partial charge is 0.286 e. The van der Waals surface area contributed by atoms with Crippen LogP contribution in [0.25, 0.3) is 11.3 Å². The van der Waals surface area contributed by atoms with E-state index in [-0.39, 0.29) is 24.6 Å². The minimum Gasteiger partial charge on any atom is -0.459 e. The van der Waals surface area contributed by atoms with Crippen LogP contribution < -0.4 is 10.6 Å². The highest BCUT2D eigenvalue weighted by Gasteiger charge is 2.14. The Labute approximate surface area is 157 Å². The number of anilines is 1. The predicted octanol–water partition coefficient (Wildman–Crippen LogP) is 3.75. The minimum atomic E-state index is -0.960. The first-order valence-corrected chi connectivity index (χ1v) is 8.80. The van der Waals surface area contributed by atoms with Crippen molar-refractivity contribution in [1.29, 1.82) is 0 Å². The van der Waals surface area contributed by atoms with Crippen LogP contribution >= 0.6 is 11.3 Å². The van der Waals surface area contributed by atoms with Crippen molar-refractivity contribution in [1.82, 2.24) is 10.3 Å². The highest BCUT2D eigenvalue weighted by molar-refractivity contribution is 7.16. The van der Waals surface area contributed by atoms with Crippen molar-refractivity contribution in [3.05, 3.63) is 58.9 Å². The van der Waals surface area contributed by atoms with E-state index in [4.69, 9.17) is 4.42 Å². The molecule has 0 aliphatic heterocycles. The third-order valence-electron chi connectivity index (χ3n) is 3.62.